The average Bonchev–Trinajstić information content (AvgIpc) is 2.84. The number of carbonyl (C=O) groups excluding carboxylic acids is 1. The molecule has 2 aromatic carbocycles. The second kappa shape index (κ2) is 9.99. The minimum Gasteiger partial charge on any atom is -0.351 e. The first-order valence-corrected chi connectivity index (χ1v) is 12.2. The molecule has 1 N–H and O–H groups in total. The topological polar surface area (TPSA) is 32.3 Å². The first-order chi connectivity index (χ1) is 15.1. The molecule has 1 aliphatic carbocycles. The number of benzene rings is 2. The Morgan fingerprint density at radius 1 is 0.935 bits per heavy atom. The van der Waals surface area contributed by atoms with Crippen molar-refractivity contribution in [2.75, 3.05) is 13.1 Å². The van der Waals surface area contributed by atoms with Crippen molar-refractivity contribution in [1.29, 1.82) is 0 Å². The minimum atomic E-state index is -0.415. The van der Waals surface area contributed by atoms with Crippen LogP contribution in [-0.4, -0.2) is 29.9 Å². The highest BCUT2D eigenvalue weighted by Crippen LogP contribution is 2.39. The van der Waals surface area contributed by atoms with Crippen LogP contribution in [0.15, 0.2) is 60.7 Å². The summed E-state index contributed by atoms with van der Waals surface area (Å²) in [6, 6.07) is 21.4. The van der Waals surface area contributed by atoms with Crippen LogP contribution in [0.3, 0.4) is 0 Å². The third-order valence-corrected chi connectivity index (χ3v) is 7.91. The van der Waals surface area contributed by atoms with E-state index in [1.54, 1.807) is 0 Å². The highest BCUT2D eigenvalue weighted by atomic mass is 16.2. The van der Waals surface area contributed by atoms with Crippen LogP contribution < -0.4 is 5.32 Å². The van der Waals surface area contributed by atoms with E-state index in [1.807, 2.05) is 24.3 Å². The van der Waals surface area contributed by atoms with Gasteiger partial charge in [0.05, 0.1) is 5.41 Å². The van der Waals surface area contributed by atoms with Gasteiger partial charge in [-0.05, 0) is 74.6 Å². The third kappa shape index (κ3) is 5.03. The Hall–Kier alpha value is -2.13. The van der Waals surface area contributed by atoms with Crippen molar-refractivity contribution in [3.8, 4) is 0 Å². The van der Waals surface area contributed by atoms with E-state index in [0.29, 0.717) is 12.6 Å². The van der Waals surface area contributed by atoms with Crippen LogP contribution in [-0.2, 0) is 16.8 Å². The Balaban J connectivity index is 1.43. The summed E-state index contributed by atoms with van der Waals surface area (Å²) < 4.78 is 0. The second-order valence-corrected chi connectivity index (χ2v) is 9.96. The zero-order valence-electron chi connectivity index (χ0n) is 19.2. The average molecular weight is 419 g/mol. The molecule has 1 amide bonds. The molecule has 0 atom stereocenters. The van der Waals surface area contributed by atoms with Crippen molar-refractivity contribution >= 4 is 5.91 Å². The summed E-state index contributed by atoms with van der Waals surface area (Å²) in [5.74, 6) is 1.89. The summed E-state index contributed by atoms with van der Waals surface area (Å²) in [5, 5.41) is 3.26. The first-order valence-electron chi connectivity index (χ1n) is 12.2. The van der Waals surface area contributed by atoms with E-state index in [2.05, 4.69) is 60.5 Å². The number of hydrogen-bond donors (Lipinski definition) is 1. The maximum atomic E-state index is 13.6. The molecule has 0 spiro atoms. The maximum Gasteiger partial charge on any atom is 0.231 e. The van der Waals surface area contributed by atoms with Crippen molar-refractivity contribution in [1.82, 2.24) is 10.2 Å². The van der Waals surface area contributed by atoms with E-state index in [0.717, 1.165) is 43.3 Å². The normalized spacial score (nSPS) is 24.1. The number of carbonyl (C=O) groups is 1. The maximum absolute atomic E-state index is 13.6. The van der Waals surface area contributed by atoms with Gasteiger partial charge in [0.15, 0.2) is 0 Å². The van der Waals surface area contributed by atoms with E-state index in [-0.39, 0.29) is 5.91 Å². The minimum absolute atomic E-state index is 0.186. The zero-order chi connectivity index (χ0) is 21.7. The van der Waals surface area contributed by atoms with Gasteiger partial charge in [0, 0.05) is 12.6 Å². The first kappa shape index (κ1) is 22.1. The Morgan fingerprint density at radius 2 is 1.52 bits per heavy atom. The molecular formula is C28H38N2O. The van der Waals surface area contributed by atoms with E-state index < -0.39 is 5.41 Å². The smallest absolute Gasteiger partial charge is 0.231 e. The Labute approximate surface area is 188 Å². The molecule has 2 aromatic rings. The lowest BCUT2D eigenvalue weighted by Gasteiger charge is -2.45. The molecule has 0 aromatic heterocycles. The van der Waals surface area contributed by atoms with Crippen molar-refractivity contribution < 1.29 is 4.79 Å². The fourth-order valence-electron chi connectivity index (χ4n) is 5.76. The summed E-state index contributed by atoms with van der Waals surface area (Å²) in [6.07, 6.45) is 7.17. The van der Waals surface area contributed by atoms with Gasteiger partial charge in [-0.1, -0.05) is 74.5 Å². The monoisotopic (exact) mass is 418 g/mol. The molecule has 166 valence electrons. The number of likely N-dealkylation sites (tertiary alicyclic amines) is 1. The lowest BCUT2D eigenvalue weighted by Crippen LogP contribution is -2.54. The molecule has 1 saturated carbocycles. The molecule has 3 heteroatoms. The molecule has 4 rings (SSSR count). The molecule has 1 aliphatic heterocycles. The lowest BCUT2D eigenvalue weighted by molar-refractivity contribution is -0.129. The van der Waals surface area contributed by atoms with Crippen LogP contribution >= 0.6 is 0 Å². The van der Waals surface area contributed by atoms with Gasteiger partial charge in [0.25, 0.3) is 0 Å². The highest BCUT2D eigenvalue weighted by Gasteiger charge is 2.44. The van der Waals surface area contributed by atoms with Crippen LogP contribution in [0.25, 0.3) is 0 Å². The van der Waals surface area contributed by atoms with Gasteiger partial charge in [-0.3, -0.25) is 4.79 Å². The standard InChI is InChI=1S/C28H38N2O/c1-22(2)24-13-15-26(16-14-24)30-19-17-28(18-20-30,25-11-7-4-8-12-25)27(31)29-21-23-9-5-3-6-10-23/h3-12,22,24,26H,13-21H2,1-2H3,(H,29,31). The summed E-state index contributed by atoms with van der Waals surface area (Å²) in [4.78, 5) is 16.2. The molecule has 1 heterocycles. The Bertz CT molecular complexity index is 817. The largest absolute Gasteiger partial charge is 0.351 e. The van der Waals surface area contributed by atoms with Gasteiger partial charge in [0.1, 0.15) is 0 Å². The van der Waals surface area contributed by atoms with Gasteiger partial charge in [-0.2, -0.15) is 0 Å². The van der Waals surface area contributed by atoms with Crippen molar-refractivity contribution in [2.45, 2.75) is 70.4 Å². The van der Waals surface area contributed by atoms with Gasteiger partial charge in [0.2, 0.25) is 5.91 Å². The zero-order valence-corrected chi connectivity index (χ0v) is 19.2. The predicted octanol–water partition coefficient (Wildman–Crippen LogP) is 5.55. The Morgan fingerprint density at radius 3 is 2.10 bits per heavy atom. The number of rotatable bonds is 6. The van der Waals surface area contributed by atoms with Gasteiger partial charge in [-0.25, -0.2) is 0 Å². The molecule has 1 saturated heterocycles. The molecule has 0 unspecified atom stereocenters. The quantitative estimate of drug-likeness (QED) is 0.667. The summed E-state index contributed by atoms with van der Waals surface area (Å²) >= 11 is 0. The Kier molecular flexibility index (Phi) is 7.12. The number of piperidine rings is 1. The van der Waals surface area contributed by atoms with Crippen molar-refractivity contribution in [3.63, 3.8) is 0 Å². The molecule has 31 heavy (non-hydrogen) atoms. The molecule has 2 fully saturated rings. The highest BCUT2D eigenvalue weighted by molar-refractivity contribution is 5.88. The number of nitrogens with one attached hydrogen (secondary N) is 1. The van der Waals surface area contributed by atoms with Crippen LogP contribution in [0.5, 0.6) is 0 Å². The van der Waals surface area contributed by atoms with E-state index in [1.165, 1.54) is 31.2 Å². The van der Waals surface area contributed by atoms with Gasteiger partial charge in [-0.15, -0.1) is 0 Å². The van der Waals surface area contributed by atoms with Crippen LogP contribution in [0.1, 0.15) is 63.5 Å². The summed E-state index contributed by atoms with van der Waals surface area (Å²) in [6.45, 7) is 7.37. The fourth-order valence-corrected chi connectivity index (χ4v) is 5.76. The third-order valence-electron chi connectivity index (χ3n) is 7.91. The summed E-state index contributed by atoms with van der Waals surface area (Å²) in [7, 11) is 0. The second-order valence-electron chi connectivity index (χ2n) is 9.96. The van der Waals surface area contributed by atoms with Crippen molar-refractivity contribution in [3.05, 3.63) is 71.8 Å². The van der Waals surface area contributed by atoms with E-state index >= 15 is 0 Å². The predicted molar refractivity (Wildman–Crippen MR) is 128 cm³/mol. The SMILES string of the molecule is CC(C)C1CCC(N2CCC(C(=O)NCc3ccccc3)(c3ccccc3)CC2)CC1. The molecule has 0 radical (unpaired) electrons. The van der Waals surface area contributed by atoms with Crippen LogP contribution in [0, 0.1) is 11.8 Å². The summed E-state index contributed by atoms with van der Waals surface area (Å²) in [5.41, 5.74) is 1.91. The van der Waals surface area contributed by atoms with E-state index in [9.17, 15) is 4.79 Å². The van der Waals surface area contributed by atoms with Gasteiger partial charge >= 0.3 is 0 Å². The number of nitrogens with zero attached hydrogens (tertiary/aromatic N) is 1. The van der Waals surface area contributed by atoms with Gasteiger partial charge < -0.3 is 10.2 Å². The van der Waals surface area contributed by atoms with Crippen LogP contribution in [0.2, 0.25) is 0 Å². The molecular weight excluding hydrogens is 380 g/mol. The molecule has 2 aliphatic rings. The fraction of sp³-hybridized carbons (Fsp3) is 0.536. The number of amides is 1. The van der Waals surface area contributed by atoms with Crippen molar-refractivity contribution in [2.24, 2.45) is 11.8 Å². The lowest BCUT2D eigenvalue weighted by atomic mass is 9.71. The molecule has 0 bridgehead atoms. The van der Waals surface area contributed by atoms with Crippen LogP contribution in [0.4, 0.5) is 0 Å². The van der Waals surface area contributed by atoms with E-state index in [4.69, 9.17) is 0 Å². The number of hydrogen-bond acceptors (Lipinski definition) is 2. The molecule has 3 nitrogen and oxygen atoms in total.